The summed E-state index contributed by atoms with van der Waals surface area (Å²) in [6.07, 6.45) is 2.46. The van der Waals surface area contributed by atoms with Crippen LogP contribution in [0.3, 0.4) is 0 Å². The number of para-hydroxylation sites is 4. The molecule has 0 aromatic heterocycles. The molecule has 0 radical (unpaired) electrons. The summed E-state index contributed by atoms with van der Waals surface area (Å²) in [5, 5.41) is 21.8. The average Bonchev–Trinajstić information content (AvgIpc) is 2.71. The predicted octanol–water partition coefficient (Wildman–Crippen LogP) is 4.35. The number of nitrogens with zero attached hydrogens (tertiary/aromatic N) is 2. The van der Waals surface area contributed by atoms with Crippen molar-refractivity contribution in [2.24, 2.45) is 0 Å². The minimum atomic E-state index is -0.619. The van der Waals surface area contributed by atoms with Crippen LogP contribution in [0.5, 0.6) is 11.5 Å². The minimum Gasteiger partial charge on any atom is -0.419 e. The van der Waals surface area contributed by atoms with Gasteiger partial charge in [0.25, 0.3) is 0 Å². The Kier molecular flexibility index (Phi) is 8.42. The van der Waals surface area contributed by atoms with Gasteiger partial charge in [-0.1, -0.05) is 37.1 Å². The van der Waals surface area contributed by atoms with Crippen LogP contribution >= 0.6 is 0 Å². The van der Waals surface area contributed by atoms with E-state index in [0.29, 0.717) is 25.7 Å². The molecule has 10 nitrogen and oxygen atoms in total. The number of carbonyl (C=O) groups excluding carboxylic acids is 2. The molecule has 10 heteroatoms. The van der Waals surface area contributed by atoms with Crippen molar-refractivity contribution >= 4 is 23.3 Å². The molecule has 0 atom stereocenters. The van der Waals surface area contributed by atoms with Crippen molar-refractivity contribution < 1.29 is 28.9 Å². The third-order valence-electron chi connectivity index (χ3n) is 4.08. The van der Waals surface area contributed by atoms with E-state index in [1.165, 1.54) is 36.4 Å². The van der Waals surface area contributed by atoms with E-state index in [1.54, 1.807) is 12.1 Å². The number of hydrogen-bond acceptors (Lipinski definition) is 8. The smallest absolute Gasteiger partial charge is 0.311 e. The maximum Gasteiger partial charge on any atom is 0.311 e. The van der Waals surface area contributed by atoms with E-state index in [9.17, 15) is 29.8 Å². The van der Waals surface area contributed by atoms with Gasteiger partial charge in [-0.3, -0.25) is 29.8 Å². The Hall–Kier alpha value is -3.82. The summed E-state index contributed by atoms with van der Waals surface area (Å²) in [4.78, 5) is 44.3. The molecule has 30 heavy (non-hydrogen) atoms. The molecule has 0 unspecified atom stereocenters. The number of rotatable bonds is 11. The summed E-state index contributed by atoms with van der Waals surface area (Å²) in [6.45, 7) is 0. The SMILES string of the molecule is O=C(CCCCCCC(=O)Oc1ccccc1[N+](=O)[O-])Oc1ccccc1[N+](=O)[O-]. The molecular formula is C20H20N2O8. The first-order valence-corrected chi connectivity index (χ1v) is 9.26. The van der Waals surface area contributed by atoms with E-state index in [2.05, 4.69) is 0 Å². The number of hydrogen-bond donors (Lipinski definition) is 0. The fourth-order valence-electron chi connectivity index (χ4n) is 2.63. The molecule has 158 valence electrons. The first kappa shape index (κ1) is 22.5. The molecule has 2 rings (SSSR count). The summed E-state index contributed by atoms with van der Waals surface area (Å²) >= 11 is 0. The van der Waals surface area contributed by atoms with Crippen LogP contribution in [0.25, 0.3) is 0 Å². The topological polar surface area (TPSA) is 139 Å². The number of nitro groups is 2. The van der Waals surface area contributed by atoms with E-state index in [0.717, 1.165) is 0 Å². The lowest BCUT2D eigenvalue weighted by Crippen LogP contribution is -2.09. The van der Waals surface area contributed by atoms with Crippen LogP contribution in [-0.2, 0) is 9.59 Å². The highest BCUT2D eigenvalue weighted by Crippen LogP contribution is 2.27. The molecule has 0 saturated heterocycles. The molecule has 0 aliphatic heterocycles. The van der Waals surface area contributed by atoms with Gasteiger partial charge < -0.3 is 9.47 Å². The highest BCUT2D eigenvalue weighted by atomic mass is 16.6. The van der Waals surface area contributed by atoms with Gasteiger partial charge in [0.1, 0.15) is 0 Å². The van der Waals surface area contributed by atoms with Crippen molar-refractivity contribution in [1.82, 2.24) is 0 Å². The quantitative estimate of drug-likeness (QED) is 0.173. The molecule has 0 fully saturated rings. The van der Waals surface area contributed by atoms with Gasteiger partial charge >= 0.3 is 23.3 Å². The Bertz CT molecular complexity index is 853. The van der Waals surface area contributed by atoms with Crippen molar-refractivity contribution in [2.45, 2.75) is 38.5 Å². The van der Waals surface area contributed by atoms with Crippen LogP contribution in [0.2, 0.25) is 0 Å². The van der Waals surface area contributed by atoms with Gasteiger partial charge in [0.05, 0.1) is 9.85 Å². The fourth-order valence-corrected chi connectivity index (χ4v) is 2.63. The maximum absolute atomic E-state index is 11.8. The lowest BCUT2D eigenvalue weighted by atomic mass is 10.1. The number of nitro benzene ring substituents is 2. The van der Waals surface area contributed by atoms with Crippen LogP contribution in [0.1, 0.15) is 38.5 Å². The normalized spacial score (nSPS) is 10.3. The zero-order chi connectivity index (χ0) is 21.9. The molecule has 0 amide bonds. The molecule has 0 aliphatic carbocycles. The lowest BCUT2D eigenvalue weighted by Gasteiger charge is -2.06. The van der Waals surface area contributed by atoms with Gasteiger partial charge in [0.15, 0.2) is 0 Å². The van der Waals surface area contributed by atoms with E-state index < -0.39 is 21.8 Å². The summed E-state index contributed by atoms with van der Waals surface area (Å²) < 4.78 is 10.1. The van der Waals surface area contributed by atoms with E-state index in [1.807, 2.05) is 0 Å². The standard InChI is InChI=1S/C20H20N2O8/c23-19(29-17-11-7-5-9-15(17)21(25)26)13-3-1-2-4-14-20(24)30-18-12-8-6-10-16(18)22(27)28/h5-12H,1-4,13-14H2. The Morgan fingerprint density at radius 3 is 1.40 bits per heavy atom. The van der Waals surface area contributed by atoms with E-state index >= 15 is 0 Å². The lowest BCUT2D eigenvalue weighted by molar-refractivity contribution is -0.385. The van der Waals surface area contributed by atoms with Crippen LogP contribution < -0.4 is 9.47 Å². The van der Waals surface area contributed by atoms with Gasteiger partial charge in [0.2, 0.25) is 11.5 Å². The Morgan fingerprint density at radius 2 is 1.03 bits per heavy atom. The van der Waals surface area contributed by atoms with Crippen LogP contribution in [0.4, 0.5) is 11.4 Å². The molecule has 0 spiro atoms. The summed E-state index contributed by atoms with van der Waals surface area (Å²) in [5.41, 5.74) is -0.550. The first-order chi connectivity index (χ1) is 14.4. The zero-order valence-corrected chi connectivity index (χ0v) is 16.0. The van der Waals surface area contributed by atoms with Crippen LogP contribution in [-0.4, -0.2) is 21.8 Å². The largest absolute Gasteiger partial charge is 0.419 e. The third-order valence-corrected chi connectivity index (χ3v) is 4.08. The van der Waals surface area contributed by atoms with Crippen molar-refractivity contribution in [3.05, 3.63) is 68.8 Å². The van der Waals surface area contributed by atoms with Crippen molar-refractivity contribution in [1.29, 1.82) is 0 Å². The van der Waals surface area contributed by atoms with Crippen LogP contribution in [0, 0.1) is 20.2 Å². The Morgan fingerprint density at radius 1 is 0.667 bits per heavy atom. The highest BCUT2D eigenvalue weighted by Gasteiger charge is 2.18. The Balaban J connectivity index is 1.65. The van der Waals surface area contributed by atoms with Gasteiger partial charge in [-0.05, 0) is 25.0 Å². The van der Waals surface area contributed by atoms with Crippen molar-refractivity contribution in [3.8, 4) is 11.5 Å². The van der Waals surface area contributed by atoms with Gasteiger partial charge in [-0.15, -0.1) is 0 Å². The number of ether oxygens (including phenoxy) is 2. The molecule has 0 N–H and O–H groups in total. The number of esters is 2. The maximum atomic E-state index is 11.8. The zero-order valence-electron chi connectivity index (χ0n) is 16.0. The molecule has 0 bridgehead atoms. The van der Waals surface area contributed by atoms with Gasteiger partial charge in [0, 0.05) is 25.0 Å². The van der Waals surface area contributed by atoms with Crippen LogP contribution in [0.15, 0.2) is 48.5 Å². The van der Waals surface area contributed by atoms with Gasteiger partial charge in [-0.25, -0.2) is 0 Å². The van der Waals surface area contributed by atoms with Crippen molar-refractivity contribution in [2.75, 3.05) is 0 Å². The second-order valence-electron chi connectivity index (χ2n) is 6.31. The molecular weight excluding hydrogens is 396 g/mol. The third kappa shape index (κ3) is 6.97. The second-order valence-corrected chi connectivity index (χ2v) is 6.31. The molecule has 0 aliphatic rings. The number of benzene rings is 2. The second kappa shape index (κ2) is 11.2. The average molecular weight is 416 g/mol. The summed E-state index contributed by atoms with van der Waals surface area (Å²) in [5.74, 6) is -1.32. The first-order valence-electron chi connectivity index (χ1n) is 9.26. The van der Waals surface area contributed by atoms with Gasteiger partial charge in [-0.2, -0.15) is 0 Å². The van der Waals surface area contributed by atoms with E-state index in [4.69, 9.17) is 9.47 Å². The number of unbranched alkanes of at least 4 members (excludes halogenated alkanes) is 3. The van der Waals surface area contributed by atoms with Crippen molar-refractivity contribution in [3.63, 3.8) is 0 Å². The molecule has 0 heterocycles. The predicted molar refractivity (Wildman–Crippen MR) is 105 cm³/mol. The molecule has 0 saturated carbocycles. The summed E-state index contributed by atoms with van der Waals surface area (Å²) in [6, 6.07) is 11.3. The highest BCUT2D eigenvalue weighted by molar-refractivity contribution is 5.74. The molecule has 2 aromatic carbocycles. The fraction of sp³-hybridized carbons (Fsp3) is 0.300. The Labute approximate surface area is 171 Å². The summed E-state index contributed by atoms with van der Waals surface area (Å²) in [7, 11) is 0. The number of carbonyl (C=O) groups is 2. The minimum absolute atomic E-state index is 0.0900. The monoisotopic (exact) mass is 416 g/mol. The molecule has 2 aromatic rings. The van der Waals surface area contributed by atoms with E-state index in [-0.39, 0.29) is 35.7 Å².